The van der Waals surface area contributed by atoms with Gasteiger partial charge in [0.2, 0.25) is 0 Å². The van der Waals surface area contributed by atoms with Crippen LogP contribution in [-0.2, 0) is 4.74 Å². The SMILES string of the molecule is CCNC(c1cccs1)C(C)(CC)OC. The van der Waals surface area contributed by atoms with Gasteiger partial charge < -0.3 is 10.1 Å². The Morgan fingerprint density at radius 2 is 2.27 bits per heavy atom. The third-order valence-electron chi connectivity index (χ3n) is 3.01. The fraction of sp³-hybridized carbons (Fsp3) is 0.667. The van der Waals surface area contributed by atoms with E-state index in [4.69, 9.17) is 4.74 Å². The molecule has 0 aliphatic rings. The molecule has 0 aliphatic carbocycles. The van der Waals surface area contributed by atoms with Crippen LogP contribution in [0.3, 0.4) is 0 Å². The minimum atomic E-state index is -0.124. The monoisotopic (exact) mass is 227 g/mol. The van der Waals surface area contributed by atoms with Gasteiger partial charge in [0.15, 0.2) is 0 Å². The van der Waals surface area contributed by atoms with Crippen molar-refractivity contribution in [3.63, 3.8) is 0 Å². The second-order valence-corrected chi connectivity index (χ2v) is 4.86. The second kappa shape index (κ2) is 5.64. The van der Waals surface area contributed by atoms with E-state index in [1.807, 2.05) is 0 Å². The third-order valence-corrected chi connectivity index (χ3v) is 3.95. The molecule has 1 aromatic rings. The smallest absolute Gasteiger partial charge is 0.0849 e. The molecule has 86 valence electrons. The largest absolute Gasteiger partial charge is 0.377 e. The van der Waals surface area contributed by atoms with Crippen LogP contribution >= 0.6 is 11.3 Å². The van der Waals surface area contributed by atoms with Gasteiger partial charge in [-0.05, 0) is 31.3 Å². The summed E-state index contributed by atoms with van der Waals surface area (Å²) in [5.74, 6) is 0. The molecule has 15 heavy (non-hydrogen) atoms. The molecule has 1 rings (SSSR count). The number of methoxy groups -OCH3 is 1. The van der Waals surface area contributed by atoms with E-state index in [1.165, 1.54) is 4.88 Å². The molecule has 0 saturated heterocycles. The van der Waals surface area contributed by atoms with Gasteiger partial charge in [-0.3, -0.25) is 0 Å². The quantitative estimate of drug-likeness (QED) is 0.805. The summed E-state index contributed by atoms with van der Waals surface area (Å²) in [5.41, 5.74) is -0.124. The molecule has 2 nitrogen and oxygen atoms in total. The molecule has 3 heteroatoms. The molecule has 2 atom stereocenters. The van der Waals surface area contributed by atoms with Crippen LogP contribution in [0.25, 0.3) is 0 Å². The highest BCUT2D eigenvalue weighted by atomic mass is 32.1. The Bertz CT molecular complexity index is 267. The topological polar surface area (TPSA) is 21.3 Å². The van der Waals surface area contributed by atoms with Crippen LogP contribution in [0.5, 0.6) is 0 Å². The van der Waals surface area contributed by atoms with E-state index in [2.05, 4.69) is 43.6 Å². The van der Waals surface area contributed by atoms with E-state index in [0.717, 1.165) is 13.0 Å². The van der Waals surface area contributed by atoms with Crippen molar-refractivity contribution in [1.82, 2.24) is 5.32 Å². The van der Waals surface area contributed by atoms with Crippen molar-refractivity contribution >= 4 is 11.3 Å². The molecule has 0 bridgehead atoms. The Labute approximate surface area is 96.7 Å². The lowest BCUT2D eigenvalue weighted by Crippen LogP contribution is -2.42. The highest BCUT2D eigenvalue weighted by molar-refractivity contribution is 7.10. The van der Waals surface area contributed by atoms with Crippen molar-refractivity contribution in [1.29, 1.82) is 0 Å². The molecule has 0 amide bonds. The molecule has 0 aromatic carbocycles. The van der Waals surface area contributed by atoms with Gasteiger partial charge in [0, 0.05) is 12.0 Å². The maximum absolute atomic E-state index is 5.67. The maximum Gasteiger partial charge on any atom is 0.0849 e. The van der Waals surface area contributed by atoms with Crippen LogP contribution in [0.15, 0.2) is 17.5 Å². The average molecular weight is 227 g/mol. The molecule has 0 saturated carbocycles. The summed E-state index contributed by atoms with van der Waals surface area (Å²) in [6, 6.07) is 4.55. The molecule has 1 aromatic heterocycles. The van der Waals surface area contributed by atoms with E-state index in [0.29, 0.717) is 0 Å². The number of nitrogens with one attached hydrogen (secondary N) is 1. The Morgan fingerprint density at radius 3 is 2.67 bits per heavy atom. The molecule has 2 unspecified atom stereocenters. The normalized spacial score (nSPS) is 17.3. The second-order valence-electron chi connectivity index (χ2n) is 3.88. The summed E-state index contributed by atoms with van der Waals surface area (Å²) in [4.78, 5) is 1.35. The van der Waals surface area contributed by atoms with Crippen LogP contribution in [-0.4, -0.2) is 19.3 Å². The first kappa shape index (κ1) is 12.7. The van der Waals surface area contributed by atoms with Crippen LogP contribution in [0.1, 0.15) is 38.1 Å². The van der Waals surface area contributed by atoms with Crippen molar-refractivity contribution in [2.45, 2.75) is 38.8 Å². The summed E-state index contributed by atoms with van der Waals surface area (Å²) in [5, 5.41) is 5.63. The summed E-state index contributed by atoms with van der Waals surface area (Å²) in [6.45, 7) is 7.43. The standard InChI is InChI=1S/C12H21NOS/c1-5-12(3,14-4)11(13-6-2)10-8-7-9-15-10/h7-9,11,13H,5-6H2,1-4H3. The van der Waals surface area contributed by atoms with Crippen molar-refractivity contribution in [3.05, 3.63) is 22.4 Å². The molecular formula is C12H21NOS. The highest BCUT2D eigenvalue weighted by Gasteiger charge is 2.33. The van der Waals surface area contributed by atoms with Crippen molar-refractivity contribution in [2.24, 2.45) is 0 Å². The summed E-state index contributed by atoms with van der Waals surface area (Å²) in [6.07, 6.45) is 0.999. The van der Waals surface area contributed by atoms with Crippen molar-refractivity contribution in [3.8, 4) is 0 Å². The molecule has 1 heterocycles. The van der Waals surface area contributed by atoms with Crippen molar-refractivity contribution in [2.75, 3.05) is 13.7 Å². The average Bonchev–Trinajstić information content (AvgIpc) is 2.78. The Kier molecular flexibility index (Phi) is 4.77. The lowest BCUT2D eigenvalue weighted by molar-refractivity contribution is -0.0286. The molecular weight excluding hydrogens is 206 g/mol. The Morgan fingerprint density at radius 1 is 1.53 bits per heavy atom. The number of hydrogen-bond donors (Lipinski definition) is 1. The van der Waals surface area contributed by atoms with E-state index < -0.39 is 0 Å². The van der Waals surface area contributed by atoms with Gasteiger partial charge in [-0.2, -0.15) is 0 Å². The summed E-state index contributed by atoms with van der Waals surface area (Å²) < 4.78 is 5.67. The number of thiophene rings is 1. The first-order chi connectivity index (χ1) is 7.18. The number of likely N-dealkylation sites (N-methyl/N-ethyl adjacent to an activating group) is 1. The molecule has 0 spiro atoms. The van der Waals surface area contributed by atoms with E-state index in [9.17, 15) is 0 Å². The van der Waals surface area contributed by atoms with E-state index in [1.54, 1.807) is 18.4 Å². The molecule has 0 aliphatic heterocycles. The zero-order valence-corrected chi connectivity index (χ0v) is 10.9. The lowest BCUT2D eigenvalue weighted by Gasteiger charge is -2.35. The highest BCUT2D eigenvalue weighted by Crippen LogP contribution is 2.33. The first-order valence-corrected chi connectivity index (χ1v) is 6.37. The molecule has 1 N–H and O–H groups in total. The zero-order valence-electron chi connectivity index (χ0n) is 10.0. The van der Waals surface area contributed by atoms with Gasteiger partial charge in [0.1, 0.15) is 0 Å². The number of rotatable bonds is 6. The maximum atomic E-state index is 5.67. The van der Waals surface area contributed by atoms with E-state index in [-0.39, 0.29) is 11.6 Å². The Balaban J connectivity index is 2.91. The lowest BCUT2D eigenvalue weighted by atomic mass is 9.92. The molecule has 0 radical (unpaired) electrons. The van der Waals surface area contributed by atoms with Crippen LogP contribution in [0.2, 0.25) is 0 Å². The van der Waals surface area contributed by atoms with Gasteiger partial charge >= 0.3 is 0 Å². The van der Waals surface area contributed by atoms with Crippen LogP contribution in [0.4, 0.5) is 0 Å². The zero-order chi connectivity index (χ0) is 11.3. The van der Waals surface area contributed by atoms with E-state index >= 15 is 0 Å². The number of hydrogen-bond acceptors (Lipinski definition) is 3. The van der Waals surface area contributed by atoms with Crippen molar-refractivity contribution < 1.29 is 4.74 Å². The van der Waals surface area contributed by atoms with Gasteiger partial charge in [0.05, 0.1) is 11.6 Å². The predicted octanol–water partition coefficient (Wildman–Crippen LogP) is 3.21. The fourth-order valence-corrected chi connectivity index (χ4v) is 2.68. The Hall–Kier alpha value is -0.380. The third kappa shape index (κ3) is 2.80. The number of ether oxygens (including phenoxy) is 1. The van der Waals surface area contributed by atoms with Gasteiger partial charge in [-0.15, -0.1) is 11.3 Å². The minimum absolute atomic E-state index is 0.124. The fourth-order valence-electron chi connectivity index (χ4n) is 1.74. The van der Waals surface area contributed by atoms with Crippen LogP contribution in [0, 0.1) is 0 Å². The van der Waals surface area contributed by atoms with Gasteiger partial charge in [-0.1, -0.05) is 19.9 Å². The van der Waals surface area contributed by atoms with Crippen LogP contribution < -0.4 is 5.32 Å². The summed E-state index contributed by atoms with van der Waals surface area (Å²) >= 11 is 1.79. The van der Waals surface area contributed by atoms with Gasteiger partial charge in [-0.25, -0.2) is 0 Å². The van der Waals surface area contributed by atoms with Gasteiger partial charge in [0.25, 0.3) is 0 Å². The predicted molar refractivity (Wildman–Crippen MR) is 66.4 cm³/mol. The first-order valence-electron chi connectivity index (χ1n) is 5.49. The summed E-state index contributed by atoms with van der Waals surface area (Å²) in [7, 11) is 1.79. The minimum Gasteiger partial charge on any atom is -0.377 e. The molecule has 0 fully saturated rings.